The van der Waals surface area contributed by atoms with Gasteiger partial charge < -0.3 is 20.3 Å². The highest BCUT2D eigenvalue weighted by Gasteiger charge is 2.26. The van der Waals surface area contributed by atoms with Gasteiger partial charge in [-0.1, -0.05) is 30.2 Å². The zero-order valence-corrected chi connectivity index (χ0v) is 18.4. The van der Waals surface area contributed by atoms with Gasteiger partial charge in [-0.2, -0.15) is 0 Å². The van der Waals surface area contributed by atoms with E-state index in [9.17, 15) is 9.59 Å². The molecule has 0 spiro atoms. The number of benzene rings is 2. The molecule has 4 rings (SSSR count). The Hall–Kier alpha value is -2.86. The fourth-order valence-electron chi connectivity index (χ4n) is 4.04. The first-order chi connectivity index (χ1) is 15.0. The van der Waals surface area contributed by atoms with Crippen LogP contribution in [0.5, 0.6) is 0 Å². The van der Waals surface area contributed by atoms with Gasteiger partial charge in [0.2, 0.25) is 5.91 Å². The fraction of sp³-hybridized carbons (Fsp3) is 0.440. The highest BCUT2D eigenvalue weighted by molar-refractivity contribution is 6.01. The Morgan fingerprint density at radius 1 is 1.06 bits per heavy atom. The highest BCUT2D eigenvalue weighted by atomic mass is 16.5. The lowest BCUT2D eigenvalue weighted by Gasteiger charge is -2.31. The normalized spacial score (nSPS) is 16.5. The first kappa shape index (κ1) is 21.4. The standard InChI is InChI=1S/C25H31N3O3/c1-17-6-7-18(2)20(14-17)16-26-25(30)22-9-8-21(27-24(29)19-4-3-5-19)15-23(22)28-10-12-31-13-11-28/h6-9,14-15,19H,3-5,10-13,16H2,1-2H3,(H,26,30)(H,27,29). The summed E-state index contributed by atoms with van der Waals surface area (Å²) in [6.07, 6.45) is 3.04. The first-order valence-corrected chi connectivity index (χ1v) is 11.1. The van der Waals surface area contributed by atoms with E-state index in [4.69, 9.17) is 4.74 Å². The van der Waals surface area contributed by atoms with Crippen molar-refractivity contribution in [3.8, 4) is 0 Å². The summed E-state index contributed by atoms with van der Waals surface area (Å²) in [6, 6.07) is 11.8. The lowest BCUT2D eigenvalue weighted by Crippen LogP contribution is -2.38. The molecule has 1 aliphatic carbocycles. The van der Waals surface area contributed by atoms with Crippen molar-refractivity contribution in [2.24, 2.45) is 5.92 Å². The van der Waals surface area contributed by atoms with Crippen LogP contribution in [0.2, 0.25) is 0 Å². The second-order valence-electron chi connectivity index (χ2n) is 8.56. The SMILES string of the molecule is Cc1ccc(C)c(CNC(=O)c2ccc(NC(=O)C3CCC3)cc2N2CCOCC2)c1. The van der Waals surface area contributed by atoms with Gasteiger partial charge in [-0.25, -0.2) is 0 Å². The number of rotatable bonds is 6. The Bertz CT molecular complexity index is 962. The van der Waals surface area contributed by atoms with Crippen molar-refractivity contribution >= 4 is 23.2 Å². The van der Waals surface area contributed by atoms with Gasteiger partial charge in [-0.15, -0.1) is 0 Å². The van der Waals surface area contributed by atoms with E-state index in [0.717, 1.165) is 54.9 Å². The monoisotopic (exact) mass is 421 g/mol. The third-order valence-corrected chi connectivity index (χ3v) is 6.28. The van der Waals surface area contributed by atoms with Gasteiger partial charge in [-0.3, -0.25) is 9.59 Å². The molecule has 1 saturated carbocycles. The van der Waals surface area contributed by atoms with Gasteiger partial charge >= 0.3 is 0 Å². The van der Waals surface area contributed by atoms with Crippen LogP contribution in [-0.2, 0) is 16.1 Å². The average Bonchev–Trinajstić information content (AvgIpc) is 2.73. The third kappa shape index (κ3) is 5.07. The summed E-state index contributed by atoms with van der Waals surface area (Å²) in [5.41, 5.74) is 5.65. The molecule has 1 heterocycles. The van der Waals surface area contributed by atoms with E-state index in [1.54, 1.807) is 0 Å². The van der Waals surface area contributed by atoms with Crippen molar-refractivity contribution < 1.29 is 14.3 Å². The third-order valence-electron chi connectivity index (χ3n) is 6.28. The predicted molar refractivity (Wildman–Crippen MR) is 123 cm³/mol. The van der Waals surface area contributed by atoms with Gasteiger partial charge in [0.15, 0.2) is 0 Å². The van der Waals surface area contributed by atoms with Gasteiger partial charge in [0, 0.05) is 31.2 Å². The molecule has 0 bridgehead atoms. The number of amides is 2. The number of ether oxygens (including phenoxy) is 1. The molecule has 1 saturated heterocycles. The van der Waals surface area contributed by atoms with Crippen molar-refractivity contribution in [1.82, 2.24) is 5.32 Å². The molecule has 2 aromatic carbocycles. The lowest BCUT2D eigenvalue weighted by atomic mass is 9.85. The number of carbonyl (C=O) groups is 2. The molecule has 0 unspecified atom stereocenters. The molecule has 1 aliphatic heterocycles. The topological polar surface area (TPSA) is 70.7 Å². The van der Waals surface area contributed by atoms with Crippen LogP contribution in [0.25, 0.3) is 0 Å². The second-order valence-corrected chi connectivity index (χ2v) is 8.56. The van der Waals surface area contributed by atoms with Gasteiger partial charge in [0.05, 0.1) is 24.5 Å². The van der Waals surface area contributed by atoms with E-state index in [-0.39, 0.29) is 17.7 Å². The molecule has 2 aromatic rings. The zero-order chi connectivity index (χ0) is 21.8. The number of hydrogen-bond acceptors (Lipinski definition) is 4. The molecule has 2 amide bonds. The molecule has 6 heteroatoms. The van der Waals surface area contributed by atoms with Gasteiger partial charge in [-0.05, 0) is 56.0 Å². The van der Waals surface area contributed by atoms with E-state index in [2.05, 4.69) is 47.6 Å². The molecule has 6 nitrogen and oxygen atoms in total. The van der Waals surface area contributed by atoms with E-state index in [1.807, 2.05) is 18.2 Å². The number of nitrogens with one attached hydrogen (secondary N) is 2. The van der Waals surface area contributed by atoms with E-state index in [1.165, 1.54) is 5.56 Å². The molecular weight excluding hydrogens is 390 g/mol. The summed E-state index contributed by atoms with van der Waals surface area (Å²) in [6.45, 7) is 7.28. The number of aryl methyl sites for hydroxylation is 2. The molecule has 2 aliphatic rings. The Labute approximate surface area is 184 Å². The quantitative estimate of drug-likeness (QED) is 0.744. The average molecular weight is 422 g/mol. The van der Waals surface area contributed by atoms with E-state index < -0.39 is 0 Å². The van der Waals surface area contributed by atoms with Crippen molar-refractivity contribution in [3.05, 3.63) is 58.7 Å². The lowest BCUT2D eigenvalue weighted by molar-refractivity contribution is -0.122. The fourth-order valence-corrected chi connectivity index (χ4v) is 4.04. The summed E-state index contributed by atoms with van der Waals surface area (Å²) < 4.78 is 5.49. The summed E-state index contributed by atoms with van der Waals surface area (Å²) >= 11 is 0. The molecule has 0 radical (unpaired) electrons. The Balaban J connectivity index is 1.53. The second kappa shape index (κ2) is 9.52. The number of morpholine rings is 1. The largest absolute Gasteiger partial charge is 0.378 e. The van der Waals surface area contributed by atoms with Crippen LogP contribution >= 0.6 is 0 Å². The number of anilines is 2. The summed E-state index contributed by atoms with van der Waals surface area (Å²) in [5.74, 6) is 0.0814. The predicted octanol–water partition coefficient (Wildman–Crippen LogP) is 3.81. The van der Waals surface area contributed by atoms with Crippen LogP contribution in [0.15, 0.2) is 36.4 Å². The van der Waals surface area contributed by atoms with Crippen LogP contribution in [-0.4, -0.2) is 38.1 Å². The van der Waals surface area contributed by atoms with Crippen molar-refractivity contribution in [3.63, 3.8) is 0 Å². The molecular formula is C25H31N3O3. The van der Waals surface area contributed by atoms with E-state index in [0.29, 0.717) is 25.3 Å². The van der Waals surface area contributed by atoms with Crippen LogP contribution in [0.3, 0.4) is 0 Å². The maximum Gasteiger partial charge on any atom is 0.253 e. The minimum atomic E-state index is -0.112. The molecule has 164 valence electrons. The zero-order valence-electron chi connectivity index (χ0n) is 18.4. The van der Waals surface area contributed by atoms with Crippen molar-refractivity contribution in [2.45, 2.75) is 39.7 Å². The van der Waals surface area contributed by atoms with Crippen LogP contribution < -0.4 is 15.5 Å². The van der Waals surface area contributed by atoms with Gasteiger partial charge in [0.1, 0.15) is 0 Å². The first-order valence-electron chi connectivity index (χ1n) is 11.1. The molecule has 2 fully saturated rings. The van der Waals surface area contributed by atoms with Crippen LogP contribution in [0.1, 0.15) is 46.3 Å². The summed E-state index contributed by atoms with van der Waals surface area (Å²) in [5, 5.41) is 6.11. The number of carbonyl (C=O) groups excluding carboxylic acids is 2. The van der Waals surface area contributed by atoms with Gasteiger partial charge in [0.25, 0.3) is 5.91 Å². The minimum absolute atomic E-state index is 0.0753. The van der Waals surface area contributed by atoms with E-state index >= 15 is 0 Å². The molecule has 2 N–H and O–H groups in total. The molecule has 0 atom stereocenters. The van der Waals surface area contributed by atoms with Crippen molar-refractivity contribution in [1.29, 1.82) is 0 Å². The maximum atomic E-state index is 13.1. The maximum absolute atomic E-state index is 13.1. The Morgan fingerprint density at radius 2 is 1.84 bits per heavy atom. The Morgan fingerprint density at radius 3 is 2.55 bits per heavy atom. The Kier molecular flexibility index (Phi) is 6.56. The van der Waals surface area contributed by atoms with Crippen LogP contribution in [0.4, 0.5) is 11.4 Å². The molecule has 0 aromatic heterocycles. The molecule has 31 heavy (non-hydrogen) atoms. The number of hydrogen-bond donors (Lipinski definition) is 2. The van der Waals surface area contributed by atoms with Crippen molar-refractivity contribution in [2.75, 3.05) is 36.5 Å². The summed E-state index contributed by atoms with van der Waals surface area (Å²) in [7, 11) is 0. The number of nitrogens with zero attached hydrogens (tertiary/aromatic N) is 1. The minimum Gasteiger partial charge on any atom is -0.378 e. The smallest absolute Gasteiger partial charge is 0.253 e. The van der Waals surface area contributed by atoms with Crippen LogP contribution in [0, 0.1) is 19.8 Å². The highest BCUT2D eigenvalue weighted by Crippen LogP contribution is 2.30. The summed E-state index contributed by atoms with van der Waals surface area (Å²) in [4.78, 5) is 27.7.